The van der Waals surface area contributed by atoms with Crippen molar-refractivity contribution in [2.45, 2.75) is 45.2 Å². The molecule has 3 rings (SSSR count). The predicted octanol–water partition coefficient (Wildman–Crippen LogP) is 2.51. The Morgan fingerprint density at radius 3 is 2.68 bits per heavy atom. The van der Waals surface area contributed by atoms with Gasteiger partial charge in [0.2, 0.25) is 5.88 Å². The van der Waals surface area contributed by atoms with Gasteiger partial charge >= 0.3 is 6.09 Å². The number of ether oxygens (including phenoxy) is 2. The van der Waals surface area contributed by atoms with Crippen molar-refractivity contribution in [3.05, 3.63) is 23.9 Å². The van der Waals surface area contributed by atoms with Crippen molar-refractivity contribution in [2.75, 3.05) is 26.3 Å². The maximum atomic E-state index is 11.7. The number of aliphatic imine (C=N–C) groups is 1. The van der Waals surface area contributed by atoms with Crippen LogP contribution in [0.25, 0.3) is 0 Å². The smallest absolute Gasteiger partial charge is 0.409 e. The standard InChI is InChI=1S/C19H29N5O3.HI/c1-2-26-19(25)24-9-7-16(8-10-24)23-18(20)22-12-15-5-6-17(21-11-15)27-13-14-3-4-14;/h5-6,11,14,16H,2-4,7-10,12-13H2,1H3,(H3,20,22,23);1H. The maximum absolute atomic E-state index is 11.7. The highest BCUT2D eigenvalue weighted by Crippen LogP contribution is 2.29. The second kappa shape index (κ2) is 11.3. The number of piperidine rings is 1. The molecule has 8 nitrogen and oxygen atoms in total. The lowest BCUT2D eigenvalue weighted by molar-refractivity contribution is 0.0963. The summed E-state index contributed by atoms with van der Waals surface area (Å²) in [6.45, 7) is 4.77. The monoisotopic (exact) mass is 503 g/mol. The minimum Gasteiger partial charge on any atom is -0.477 e. The second-order valence-electron chi connectivity index (χ2n) is 7.07. The van der Waals surface area contributed by atoms with Crippen LogP contribution in [0.3, 0.4) is 0 Å². The predicted molar refractivity (Wildman–Crippen MR) is 118 cm³/mol. The van der Waals surface area contributed by atoms with E-state index in [9.17, 15) is 4.79 Å². The van der Waals surface area contributed by atoms with E-state index in [0.717, 1.165) is 25.0 Å². The van der Waals surface area contributed by atoms with E-state index in [1.165, 1.54) is 12.8 Å². The molecule has 0 bridgehead atoms. The fourth-order valence-electron chi connectivity index (χ4n) is 2.93. The molecule has 2 fully saturated rings. The Morgan fingerprint density at radius 2 is 2.07 bits per heavy atom. The molecule has 1 amide bonds. The number of guanidine groups is 1. The molecule has 0 aromatic carbocycles. The third kappa shape index (κ3) is 7.33. The van der Waals surface area contributed by atoms with E-state index in [2.05, 4.69) is 15.3 Å². The van der Waals surface area contributed by atoms with Crippen molar-refractivity contribution in [1.82, 2.24) is 15.2 Å². The van der Waals surface area contributed by atoms with Gasteiger partial charge in [-0.05, 0) is 44.1 Å². The van der Waals surface area contributed by atoms with Crippen LogP contribution < -0.4 is 15.8 Å². The van der Waals surface area contributed by atoms with Crippen LogP contribution in [-0.2, 0) is 11.3 Å². The number of rotatable bonds is 7. The zero-order valence-electron chi connectivity index (χ0n) is 16.3. The number of hydrogen-bond acceptors (Lipinski definition) is 5. The first kappa shape index (κ1) is 22.5. The van der Waals surface area contributed by atoms with E-state index in [4.69, 9.17) is 15.2 Å². The highest BCUT2D eigenvalue weighted by atomic mass is 127. The number of pyridine rings is 1. The van der Waals surface area contributed by atoms with Crippen molar-refractivity contribution in [1.29, 1.82) is 0 Å². The summed E-state index contributed by atoms with van der Waals surface area (Å²) >= 11 is 0. The molecular formula is C19H30IN5O3. The summed E-state index contributed by atoms with van der Waals surface area (Å²) in [4.78, 5) is 22.1. The van der Waals surface area contributed by atoms with E-state index >= 15 is 0 Å². The van der Waals surface area contributed by atoms with Gasteiger partial charge in [-0.3, -0.25) is 0 Å². The first-order chi connectivity index (χ1) is 13.1. The molecule has 28 heavy (non-hydrogen) atoms. The Hall–Kier alpha value is -1.78. The molecule has 0 atom stereocenters. The van der Waals surface area contributed by atoms with Gasteiger partial charge in [-0.1, -0.05) is 6.07 Å². The van der Waals surface area contributed by atoms with Gasteiger partial charge in [0, 0.05) is 31.4 Å². The van der Waals surface area contributed by atoms with Crippen LogP contribution in [-0.4, -0.2) is 54.3 Å². The van der Waals surface area contributed by atoms with Crippen molar-refractivity contribution in [3.63, 3.8) is 0 Å². The number of carbonyl (C=O) groups is 1. The molecule has 3 N–H and O–H groups in total. The average Bonchev–Trinajstić information content (AvgIpc) is 3.51. The molecular weight excluding hydrogens is 473 g/mol. The number of aromatic nitrogens is 1. The normalized spacial score (nSPS) is 17.6. The largest absolute Gasteiger partial charge is 0.477 e. The van der Waals surface area contributed by atoms with Gasteiger partial charge in [-0.2, -0.15) is 0 Å². The summed E-state index contributed by atoms with van der Waals surface area (Å²) < 4.78 is 10.7. The van der Waals surface area contributed by atoms with E-state index in [1.54, 1.807) is 11.1 Å². The molecule has 1 aliphatic heterocycles. The third-order valence-electron chi connectivity index (χ3n) is 4.77. The number of halogens is 1. The number of amides is 1. The van der Waals surface area contributed by atoms with Gasteiger partial charge in [0.1, 0.15) is 0 Å². The zero-order chi connectivity index (χ0) is 19.1. The van der Waals surface area contributed by atoms with E-state index in [0.29, 0.717) is 44.0 Å². The number of nitrogens with two attached hydrogens (primary N) is 1. The topological polar surface area (TPSA) is 102 Å². The summed E-state index contributed by atoms with van der Waals surface area (Å²) in [6, 6.07) is 4.06. The Bertz CT molecular complexity index is 643. The second-order valence-corrected chi connectivity index (χ2v) is 7.07. The number of carbonyl (C=O) groups excluding carboxylic acids is 1. The lowest BCUT2D eigenvalue weighted by Crippen LogP contribution is -2.48. The van der Waals surface area contributed by atoms with Gasteiger partial charge in [0.25, 0.3) is 0 Å². The van der Waals surface area contributed by atoms with Crippen molar-refractivity contribution >= 4 is 36.0 Å². The maximum Gasteiger partial charge on any atom is 0.409 e. The highest BCUT2D eigenvalue weighted by Gasteiger charge is 2.24. The van der Waals surface area contributed by atoms with E-state index in [-0.39, 0.29) is 36.1 Å². The molecule has 9 heteroatoms. The molecule has 2 heterocycles. The molecule has 1 aliphatic carbocycles. The van der Waals surface area contributed by atoms with Gasteiger partial charge in [-0.15, -0.1) is 24.0 Å². The molecule has 0 radical (unpaired) electrons. The molecule has 156 valence electrons. The molecule has 0 unspecified atom stereocenters. The number of hydrogen-bond donors (Lipinski definition) is 2. The summed E-state index contributed by atoms with van der Waals surface area (Å²) in [5, 5.41) is 3.24. The van der Waals surface area contributed by atoms with Crippen molar-refractivity contribution in [3.8, 4) is 5.88 Å². The van der Waals surface area contributed by atoms with E-state index in [1.807, 2.05) is 19.1 Å². The SMILES string of the molecule is CCOC(=O)N1CCC(NC(N)=NCc2ccc(OCC3CC3)nc2)CC1.I. The van der Waals surface area contributed by atoms with Gasteiger partial charge < -0.3 is 25.4 Å². The Balaban J connectivity index is 0.00000280. The fraction of sp³-hybridized carbons (Fsp3) is 0.632. The van der Waals surface area contributed by atoms with Gasteiger partial charge in [0.15, 0.2) is 5.96 Å². The third-order valence-corrected chi connectivity index (χ3v) is 4.77. The number of likely N-dealkylation sites (tertiary alicyclic amines) is 1. The van der Waals surface area contributed by atoms with Crippen LogP contribution in [0.15, 0.2) is 23.3 Å². The Labute approximate surface area is 183 Å². The summed E-state index contributed by atoms with van der Waals surface area (Å²) in [7, 11) is 0. The summed E-state index contributed by atoms with van der Waals surface area (Å²) in [5.41, 5.74) is 6.98. The molecule has 1 saturated carbocycles. The average molecular weight is 503 g/mol. The lowest BCUT2D eigenvalue weighted by Gasteiger charge is -2.31. The summed E-state index contributed by atoms with van der Waals surface area (Å²) in [5.74, 6) is 1.79. The van der Waals surface area contributed by atoms with Crippen LogP contribution in [0.4, 0.5) is 4.79 Å². The van der Waals surface area contributed by atoms with Crippen LogP contribution >= 0.6 is 24.0 Å². The Morgan fingerprint density at radius 1 is 1.32 bits per heavy atom. The zero-order valence-corrected chi connectivity index (χ0v) is 18.6. The van der Waals surface area contributed by atoms with Crippen molar-refractivity contribution in [2.24, 2.45) is 16.6 Å². The van der Waals surface area contributed by atoms with Gasteiger partial charge in [0.05, 0.1) is 19.8 Å². The molecule has 0 spiro atoms. The van der Waals surface area contributed by atoms with Gasteiger partial charge in [-0.25, -0.2) is 14.8 Å². The molecule has 2 aliphatic rings. The van der Waals surface area contributed by atoms with Crippen LogP contribution in [0.2, 0.25) is 0 Å². The number of nitrogens with zero attached hydrogens (tertiary/aromatic N) is 3. The van der Waals surface area contributed by atoms with Crippen LogP contribution in [0.1, 0.15) is 38.2 Å². The fourth-order valence-corrected chi connectivity index (χ4v) is 2.93. The molecule has 1 aromatic rings. The minimum absolute atomic E-state index is 0. The van der Waals surface area contributed by atoms with Crippen LogP contribution in [0.5, 0.6) is 5.88 Å². The van der Waals surface area contributed by atoms with E-state index < -0.39 is 0 Å². The highest BCUT2D eigenvalue weighted by molar-refractivity contribution is 14.0. The Kier molecular flexibility index (Phi) is 9.07. The minimum atomic E-state index is -0.241. The van der Waals surface area contributed by atoms with Crippen LogP contribution in [0, 0.1) is 5.92 Å². The van der Waals surface area contributed by atoms with Crippen molar-refractivity contribution < 1.29 is 14.3 Å². The summed E-state index contributed by atoms with van der Waals surface area (Å²) in [6.07, 6.45) is 5.71. The first-order valence-electron chi connectivity index (χ1n) is 9.70. The first-order valence-corrected chi connectivity index (χ1v) is 9.70. The number of nitrogens with one attached hydrogen (secondary N) is 1. The molecule has 1 aromatic heterocycles. The molecule has 1 saturated heterocycles. The lowest BCUT2D eigenvalue weighted by atomic mass is 10.1. The quantitative estimate of drug-likeness (QED) is 0.337.